The van der Waals surface area contributed by atoms with Crippen molar-refractivity contribution in [2.45, 2.75) is 13.8 Å². The summed E-state index contributed by atoms with van der Waals surface area (Å²) in [6.07, 6.45) is 1.66. The van der Waals surface area contributed by atoms with Crippen LogP contribution in [0.1, 0.15) is 32.0 Å². The molecule has 0 unspecified atom stereocenters. The zero-order valence-corrected chi connectivity index (χ0v) is 14.4. The van der Waals surface area contributed by atoms with E-state index >= 15 is 0 Å². The van der Waals surface area contributed by atoms with Crippen molar-refractivity contribution < 1.29 is 14.3 Å². The third kappa shape index (κ3) is 2.63. The van der Waals surface area contributed by atoms with Gasteiger partial charge in [-0.1, -0.05) is 12.1 Å². The molecule has 0 bridgehead atoms. The van der Waals surface area contributed by atoms with Gasteiger partial charge in [0.2, 0.25) is 0 Å². The third-order valence-electron chi connectivity index (χ3n) is 4.32. The number of anilines is 1. The molecule has 0 N–H and O–H groups in total. The topological polar surface area (TPSA) is 59.5 Å². The smallest absolute Gasteiger partial charge is 0.266 e. The fraction of sp³-hybridized carbons (Fsp3) is 0.0952. The molecule has 2 heterocycles. The van der Waals surface area contributed by atoms with Gasteiger partial charge in [-0.2, -0.15) is 0 Å². The minimum atomic E-state index is -0.304. The van der Waals surface area contributed by atoms with Crippen molar-refractivity contribution in [3.63, 3.8) is 0 Å². The Morgan fingerprint density at radius 1 is 0.885 bits per heavy atom. The maximum absolute atomic E-state index is 12.6. The molecule has 0 atom stereocenters. The lowest BCUT2D eigenvalue weighted by Gasteiger charge is -2.16. The fourth-order valence-electron chi connectivity index (χ4n) is 2.95. The molecule has 0 spiro atoms. The van der Waals surface area contributed by atoms with Gasteiger partial charge < -0.3 is 4.74 Å². The van der Waals surface area contributed by atoms with Gasteiger partial charge in [0.05, 0.1) is 23.0 Å². The number of carbonyl (C=O) groups is 2. The lowest BCUT2D eigenvalue weighted by atomic mass is 10.1. The van der Waals surface area contributed by atoms with Crippen LogP contribution in [0.4, 0.5) is 5.69 Å². The maximum atomic E-state index is 12.6. The van der Waals surface area contributed by atoms with Crippen LogP contribution >= 0.6 is 0 Å². The molecule has 26 heavy (non-hydrogen) atoms. The highest BCUT2D eigenvalue weighted by atomic mass is 16.5. The number of rotatable bonds is 3. The molecule has 1 aliphatic heterocycles. The number of aromatic nitrogens is 1. The molecule has 4 rings (SSSR count). The van der Waals surface area contributed by atoms with Gasteiger partial charge in [-0.3, -0.25) is 14.6 Å². The second-order valence-electron chi connectivity index (χ2n) is 6.18. The first-order valence-electron chi connectivity index (χ1n) is 8.23. The molecule has 0 aliphatic carbocycles. The number of hydrogen-bond donors (Lipinski definition) is 0. The molecule has 3 aromatic rings. The van der Waals surface area contributed by atoms with Crippen LogP contribution < -0.4 is 9.64 Å². The van der Waals surface area contributed by atoms with Crippen molar-refractivity contribution in [1.29, 1.82) is 0 Å². The average Bonchev–Trinajstić information content (AvgIpc) is 2.90. The van der Waals surface area contributed by atoms with E-state index in [9.17, 15) is 9.59 Å². The summed E-state index contributed by atoms with van der Waals surface area (Å²) in [5, 5.41) is 0. The average molecular weight is 344 g/mol. The molecule has 0 fully saturated rings. The van der Waals surface area contributed by atoms with Gasteiger partial charge in [-0.05, 0) is 61.9 Å². The Kier molecular flexibility index (Phi) is 3.77. The predicted molar refractivity (Wildman–Crippen MR) is 97.8 cm³/mol. The number of aryl methyl sites for hydroxylation is 2. The van der Waals surface area contributed by atoms with E-state index in [2.05, 4.69) is 4.98 Å². The quantitative estimate of drug-likeness (QED) is 0.665. The second kappa shape index (κ2) is 6.11. The Balaban J connectivity index is 1.63. The Labute approximate surface area is 150 Å². The largest absolute Gasteiger partial charge is 0.455 e. The summed E-state index contributed by atoms with van der Waals surface area (Å²) >= 11 is 0. The Morgan fingerprint density at radius 3 is 2.15 bits per heavy atom. The predicted octanol–water partition coefficient (Wildman–Crippen LogP) is 4.29. The van der Waals surface area contributed by atoms with Crippen LogP contribution in [0.15, 0.2) is 60.8 Å². The van der Waals surface area contributed by atoms with Crippen molar-refractivity contribution in [2.24, 2.45) is 0 Å². The molecular weight excluding hydrogens is 328 g/mol. The van der Waals surface area contributed by atoms with Crippen LogP contribution in [0.5, 0.6) is 11.5 Å². The highest BCUT2D eigenvalue weighted by molar-refractivity contribution is 6.34. The molecule has 5 nitrogen and oxygen atoms in total. The Morgan fingerprint density at radius 2 is 1.58 bits per heavy atom. The summed E-state index contributed by atoms with van der Waals surface area (Å²) in [6.45, 7) is 3.78. The number of nitrogens with zero attached hydrogens (tertiary/aromatic N) is 2. The summed E-state index contributed by atoms with van der Waals surface area (Å²) in [5.74, 6) is 0.672. The first-order chi connectivity index (χ1) is 12.5. The molecule has 0 radical (unpaired) electrons. The van der Waals surface area contributed by atoms with E-state index in [1.165, 1.54) is 4.90 Å². The van der Waals surface area contributed by atoms with Crippen LogP contribution in [0.25, 0.3) is 0 Å². The van der Waals surface area contributed by atoms with E-state index in [4.69, 9.17) is 4.74 Å². The van der Waals surface area contributed by atoms with Crippen LogP contribution in [-0.2, 0) is 0 Å². The second-order valence-corrected chi connectivity index (χ2v) is 6.18. The molecule has 2 amide bonds. The van der Waals surface area contributed by atoms with Crippen LogP contribution in [-0.4, -0.2) is 16.8 Å². The Hall–Kier alpha value is -3.47. The molecule has 128 valence electrons. The normalized spacial score (nSPS) is 13.1. The first kappa shape index (κ1) is 16.0. The Bertz CT molecular complexity index is 991. The molecule has 0 saturated heterocycles. The van der Waals surface area contributed by atoms with Crippen molar-refractivity contribution in [1.82, 2.24) is 4.98 Å². The number of carbonyl (C=O) groups excluding carboxylic acids is 2. The summed E-state index contributed by atoms with van der Waals surface area (Å²) in [6, 6.07) is 15.8. The molecule has 1 aliphatic rings. The highest BCUT2D eigenvalue weighted by Crippen LogP contribution is 2.32. The summed E-state index contributed by atoms with van der Waals surface area (Å²) in [7, 11) is 0. The number of ether oxygens (including phenoxy) is 1. The maximum Gasteiger partial charge on any atom is 0.266 e. The number of amides is 2. The summed E-state index contributed by atoms with van der Waals surface area (Å²) < 4.78 is 5.85. The lowest BCUT2D eigenvalue weighted by molar-refractivity contribution is 0.0926. The zero-order valence-electron chi connectivity index (χ0n) is 14.4. The van der Waals surface area contributed by atoms with Gasteiger partial charge in [0.1, 0.15) is 11.5 Å². The van der Waals surface area contributed by atoms with Gasteiger partial charge in [0, 0.05) is 5.69 Å². The minimum absolute atomic E-state index is 0.304. The van der Waals surface area contributed by atoms with Crippen molar-refractivity contribution >= 4 is 17.5 Å². The van der Waals surface area contributed by atoms with E-state index < -0.39 is 0 Å². The minimum Gasteiger partial charge on any atom is -0.455 e. The summed E-state index contributed by atoms with van der Waals surface area (Å²) in [5.41, 5.74) is 3.13. The molecule has 1 aromatic heterocycles. The van der Waals surface area contributed by atoms with Crippen LogP contribution in [0, 0.1) is 13.8 Å². The van der Waals surface area contributed by atoms with Gasteiger partial charge in [0.15, 0.2) is 0 Å². The standard InChI is InChI=1S/C21H16N2O3/c1-13-11-15(8-10-19(13)26-16-9-7-14(2)22-12-16)23-20(24)17-5-3-4-6-18(17)21(23)25/h3-12H,1-2H3. The highest BCUT2D eigenvalue weighted by Gasteiger charge is 2.36. The van der Waals surface area contributed by atoms with Crippen molar-refractivity contribution in [2.75, 3.05) is 4.90 Å². The van der Waals surface area contributed by atoms with E-state index in [-0.39, 0.29) is 11.8 Å². The zero-order chi connectivity index (χ0) is 18.3. The number of imide groups is 1. The van der Waals surface area contributed by atoms with Crippen molar-refractivity contribution in [3.8, 4) is 11.5 Å². The van der Waals surface area contributed by atoms with Gasteiger partial charge in [-0.15, -0.1) is 0 Å². The number of pyridine rings is 1. The number of benzene rings is 2. The summed E-state index contributed by atoms with van der Waals surface area (Å²) in [4.78, 5) is 30.6. The van der Waals surface area contributed by atoms with E-state index in [0.29, 0.717) is 28.3 Å². The van der Waals surface area contributed by atoms with Crippen LogP contribution in [0.2, 0.25) is 0 Å². The lowest BCUT2D eigenvalue weighted by Crippen LogP contribution is -2.29. The fourth-order valence-corrected chi connectivity index (χ4v) is 2.95. The van der Waals surface area contributed by atoms with E-state index in [1.54, 1.807) is 48.7 Å². The molecule has 0 saturated carbocycles. The third-order valence-corrected chi connectivity index (χ3v) is 4.32. The number of hydrogen-bond acceptors (Lipinski definition) is 4. The number of fused-ring (bicyclic) bond motifs is 1. The van der Waals surface area contributed by atoms with Gasteiger partial charge in [0.25, 0.3) is 11.8 Å². The van der Waals surface area contributed by atoms with E-state index in [0.717, 1.165) is 11.3 Å². The molecular formula is C21H16N2O3. The van der Waals surface area contributed by atoms with Gasteiger partial charge in [-0.25, -0.2) is 4.90 Å². The SMILES string of the molecule is Cc1ccc(Oc2ccc(N3C(=O)c4ccccc4C3=O)cc2C)cn1. The molecule has 5 heteroatoms. The monoisotopic (exact) mass is 344 g/mol. The van der Waals surface area contributed by atoms with Crippen molar-refractivity contribution in [3.05, 3.63) is 83.2 Å². The van der Waals surface area contributed by atoms with Gasteiger partial charge >= 0.3 is 0 Å². The van der Waals surface area contributed by atoms with Crippen LogP contribution in [0.3, 0.4) is 0 Å². The van der Waals surface area contributed by atoms with E-state index in [1.807, 2.05) is 26.0 Å². The first-order valence-corrected chi connectivity index (χ1v) is 8.23. The molecule has 2 aromatic carbocycles.